The molecule has 0 saturated carbocycles. The van der Waals surface area contributed by atoms with Gasteiger partial charge >= 0.3 is 11.7 Å². The summed E-state index contributed by atoms with van der Waals surface area (Å²) in [5.74, 6) is -1.24. The van der Waals surface area contributed by atoms with Crippen LogP contribution in [0.3, 0.4) is 0 Å². The molecule has 6 heteroatoms. The number of hydrogen-bond donors (Lipinski definition) is 0. The Morgan fingerprint density at radius 2 is 1.91 bits per heavy atom. The normalized spacial score (nSPS) is 10.6. The molecule has 0 aromatic heterocycles. The molecule has 2 aromatic rings. The van der Waals surface area contributed by atoms with Crippen LogP contribution < -0.4 is 4.74 Å². The van der Waals surface area contributed by atoms with Crippen LogP contribution in [0.25, 0.3) is 6.08 Å². The number of rotatable bonds is 4. The molecule has 2 aromatic carbocycles. The standard InChI is InChI=1S/C16H12FNO4/c1-11-2-8-14(18(20)21)15(10-11)22-16(19)9-5-12-3-6-13(17)7-4-12/h2-10H,1H3/b9-5+. The molecule has 0 aliphatic rings. The summed E-state index contributed by atoms with van der Waals surface area (Å²) in [4.78, 5) is 22.0. The number of nitro groups is 1. The minimum atomic E-state index is -0.752. The van der Waals surface area contributed by atoms with E-state index in [0.29, 0.717) is 5.56 Å². The predicted molar refractivity (Wildman–Crippen MR) is 78.9 cm³/mol. The van der Waals surface area contributed by atoms with Crippen molar-refractivity contribution in [2.24, 2.45) is 0 Å². The number of nitro benzene ring substituents is 1. The Labute approximate surface area is 125 Å². The van der Waals surface area contributed by atoms with Gasteiger partial charge in [-0.2, -0.15) is 0 Å². The summed E-state index contributed by atoms with van der Waals surface area (Å²) in [7, 11) is 0. The Morgan fingerprint density at radius 1 is 1.23 bits per heavy atom. The van der Waals surface area contributed by atoms with E-state index in [9.17, 15) is 19.3 Å². The zero-order valence-corrected chi connectivity index (χ0v) is 11.7. The van der Waals surface area contributed by atoms with E-state index in [4.69, 9.17) is 4.74 Å². The summed E-state index contributed by atoms with van der Waals surface area (Å²) in [6.07, 6.45) is 2.56. The van der Waals surface area contributed by atoms with Crippen LogP contribution in [-0.2, 0) is 4.79 Å². The van der Waals surface area contributed by atoms with Crippen molar-refractivity contribution in [2.45, 2.75) is 6.92 Å². The van der Waals surface area contributed by atoms with E-state index in [1.807, 2.05) is 0 Å². The van der Waals surface area contributed by atoms with E-state index >= 15 is 0 Å². The third-order valence-corrected chi connectivity index (χ3v) is 2.80. The highest BCUT2D eigenvalue weighted by atomic mass is 19.1. The molecule has 112 valence electrons. The van der Waals surface area contributed by atoms with Crippen molar-refractivity contribution in [1.29, 1.82) is 0 Å². The number of esters is 1. The van der Waals surface area contributed by atoms with Gasteiger partial charge in [0.15, 0.2) is 0 Å². The van der Waals surface area contributed by atoms with Crippen molar-refractivity contribution in [3.8, 4) is 5.75 Å². The molecule has 2 rings (SSSR count). The van der Waals surface area contributed by atoms with Crippen LogP contribution in [0.4, 0.5) is 10.1 Å². The first-order chi connectivity index (χ1) is 10.5. The highest BCUT2D eigenvalue weighted by Gasteiger charge is 2.16. The van der Waals surface area contributed by atoms with Gasteiger partial charge in [0, 0.05) is 12.1 Å². The van der Waals surface area contributed by atoms with Gasteiger partial charge in [0.05, 0.1) is 4.92 Å². The summed E-state index contributed by atoms with van der Waals surface area (Å²) in [6.45, 7) is 1.73. The van der Waals surface area contributed by atoms with E-state index in [1.165, 1.54) is 42.5 Å². The van der Waals surface area contributed by atoms with Crippen LogP contribution >= 0.6 is 0 Å². The lowest BCUT2D eigenvalue weighted by molar-refractivity contribution is -0.385. The topological polar surface area (TPSA) is 69.4 Å². The van der Waals surface area contributed by atoms with Crippen molar-refractivity contribution in [2.75, 3.05) is 0 Å². The molecule has 22 heavy (non-hydrogen) atoms. The van der Waals surface area contributed by atoms with Gasteiger partial charge in [-0.3, -0.25) is 10.1 Å². The second-order valence-electron chi connectivity index (χ2n) is 4.53. The van der Waals surface area contributed by atoms with Crippen LogP contribution in [0.1, 0.15) is 11.1 Å². The smallest absolute Gasteiger partial charge is 0.336 e. The van der Waals surface area contributed by atoms with E-state index in [2.05, 4.69) is 0 Å². The third kappa shape index (κ3) is 3.99. The fraction of sp³-hybridized carbons (Fsp3) is 0.0625. The third-order valence-electron chi connectivity index (χ3n) is 2.80. The van der Waals surface area contributed by atoms with E-state index in [0.717, 1.165) is 11.6 Å². The zero-order chi connectivity index (χ0) is 16.1. The molecule has 0 N–H and O–H groups in total. The first-order valence-corrected chi connectivity index (χ1v) is 6.36. The number of carbonyl (C=O) groups excluding carboxylic acids is 1. The zero-order valence-electron chi connectivity index (χ0n) is 11.7. The lowest BCUT2D eigenvalue weighted by Crippen LogP contribution is -2.06. The molecule has 0 radical (unpaired) electrons. The van der Waals surface area contributed by atoms with Gasteiger partial charge in [-0.05, 0) is 42.3 Å². The molecule has 0 heterocycles. The molecular weight excluding hydrogens is 289 g/mol. The molecule has 0 fully saturated rings. The summed E-state index contributed by atoms with van der Waals surface area (Å²) in [5, 5.41) is 10.9. The Bertz CT molecular complexity index is 738. The molecule has 0 aliphatic heterocycles. The summed E-state index contributed by atoms with van der Waals surface area (Å²) in [6, 6.07) is 9.77. The molecule has 0 amide bonds. The Balaban J connectivity index is 2.13. The maximum Gasteiger partial charge on any atom is 0.336 e. The van der Waals surface area contributed by atoms with Crippen molar-refractivity contribution in [3.63, 3.8) is 0 Å². The maximum absolute atomic E-state index is 12.8. The van der Waals surface area contributed by atoms with Crippen molar-refractivity contribution < 1.29 is 18.8 Å². The number of nitrogens with zero attached hydrogens (tertiary/aromatic N) is 1. The van der Waals surface area contributed by atoms with E-state index < -0.39 is 10.9 Å². The van der Waals surface area contributed by atoms with Gasteiger partial charge < -0.3 is 4.74 Å². The van der Waals surface area contributed by atoms with Gasteiger partial charge in [0.1, 0.15) is 5.82 Å². The average molecular weight is 301 g/mol. The minimum absolute atomic E-state index is 0.112. The van der Waals surface area contributed by atoms with Crippen LogP contribution in [0.2, 0.25) is 0 Å². The monoisotopic (exact) mass is 301 g/mol. The largest absolute Gasteiger partial charge is 0.416 e. The minimum Gasteiger partial charge on any atom is -0.416 e. The molecule has 0 spiro atoms. The number of benzene rings is 2. The number of aryl methyl sites for hydroxylation is 1. The molecule has 0 unspecified atom stereocenters. The Hall–Kier alpha value is -3.02. The van der Waals surface area contributed by atoms with Crippen molar-refractivity contribution in [1.82, 2.24) is 0 Å². The molecular formula is C16H12FNO4. The average Bonchev–Trinajstić information content (AvgIpc) is 2.46. The molecule has 5 nitrogen and oxygen atoms in total. The van der Waals surface area contributed by atoms with Gasteiger partial charge in [-0.15, -0.1) is 0 Å². The molecule has 0 saturated heterocycles. The van der Waals surface area contributed by atoms with Gasteiger partial charge in [-0.1, -0.05) is 18.2 Å². The Kier molecular flexibility index (Phi) is 4.63. The lowest BCUT2D eigenvalue weighted by Gasteiger charge is -2.03. The summed E-state index contributed by atoms with van der Waals surface area (Å²) >= 11 is 0. The van der Waals surface area contributed by atoms with Gasteiger partial charge in [0.2, 0.25) is 5.75 Å². The maximum atomic E-state index is 12.8. The first-order valence-electron chi connectivity index (χ1n) is 6.36. The van der Waals surface area contributed by atoms with Crippen LogP contribution in [-0.4, -0.2) is 10.9 Å². The van der Waals surface area contributed by atoms with Crippen molar-refractivity contribution >= 4 is 17.7 Å². The fourth-order valence-corrected chi connectivity index (χ4v) is 1.73. The van der Waals surface area contributed by atoms with Crippen LogP contribution in [0, 0.1) is 22.9 Å². The van der Waals surface area contributed by atoms with Crippen LogP contribution in [0.15, 0.2) is 48.5 Å². The molecule has 0 bridgehead atoms. The number of ether oxygens (including phenoxy) is 1. The number of halogens is 1. The van der Waals surface area contributed by atoms with Gasteiger partial charge in [0.25, 0.3) is 0 Å². The van der Waals surface area contributed by atoms with E-state index in [1.54, 1.807) is 13.0 Å². The van der Waals surface area contributed by atoms with Crippen molar-refractivity contribution in [3.05, 3.63) is 75.6 Å². The highest BCUT2D eigenvalue weighted by molar-refractivity contribution is 5.89. The second kappa shape index (κ2) is 6.62. The Morgan fingerprint density at radius 3 is 2.55 bits per heavy atom. The number of carbonyl (C=O) groups is 1. The quantitative estimate of drug-likeness (QED) is 0.284. The fourth-order valence-electron chi connectivity index (χ4n) is 1.73. The van der Waals surface area contributed by atoms with Gasteiger partial charge in [-0.25, -0.2) is 9.18 Å². The van der Waals surface area contributed by atoms with E-state index in [-0.39, 0.29) is 17.3 Å². The van der Waals surface area contributed by atoms with Crippen LogP contribution in [0.5, 0.6) is 5.75 Å². The lowest BCUT2D eigenvalue weighted by atomic mass is 10.2. The number of hydrogen-bond acceptors (Lipinski definition) is 4. The highest BCUT2D eigenvalue weighted by Crippen LogP contribution is 2.27. The second-order valence-corrected chi connectivity index (χ2v) is 4.53. The SMILES string of the molecule is Cc1ccc([N+](=O)[O-])c(OC(=O)/C=C/c2ccc(F)cc2)c1. The molecule has 0 aliphatic carbocycles. The molecule has 0 atom stereocenters. The summed E-state index contributed by atoms with van der Waals surface area (Å²) < 4.78 is 17.7. The predicted octanol–water partition coefficient (Wildman–Crippen LogP) is 3.66. The summed E-state index contributed by atoms with van der Waals surface area (Å²) in [5.41, 5.74) is 1.06. The first kappa shape index (κ1) is 15.4.